The molecule has 0 saturated carbocycles. The molecule has 0 saturated heterocycles. The maximum Gasteiger partial charge on any atom is 0.226 e. The van der Waals surface area contributed by atoms with Gasteiger partial charge in [-0.2, -0.15) is 0 Å². The first-order valence-corrected chi connectivity index (χ1v) is 7.24. The lowest BCUT2D eigenvalue weighted by atomic mass is 10.0. The Bertz CT molecular complexity index is 629. The molecule has 0 spiro atoms. The second-order valence-corrected chi connectivity index (χ2v) is 5.28. The van der Waals surface area contributed by atoms with Crippen LogP contribution in [-0.4, -0.2) is 22.6 Å². The molecule has 0 radical (unpaired) electrons. The minimum Gasteiger partial charge on any atom is -0.475 e. The van der Waals surface area contributed by atoms with Gasteiger partial charge in [-0.25, -0.2) is 9.97 Å². The summed E-state index contributed by atoms with van der Waals surface area (Å²) < 4.78 is 11.5. The van der Waals surface area contributed by atoms with Crippen LogP contribution < -0.4 is 14.8 Å². The third-order valence-electron chi connectivity index (χ3n) is 3.23. The van der Waals surface area contributed by atoms with Crippen molar-refractivity contribution < 1.29 is 9.47 Å². The van der Waals surface area contributed by atoms with Gasteiger partial charge in [-0.15, -0.1) is 0 Å². The van der Waals surface area contributed by atoms with E-state index in [0.29, 0.717) is 11.8 Å². The molecule has 1 N–H and O–H groups in total. The minimum absolute atomic E-state index is 0.0684. The van der Waals surface area contributed by atoms with E-state index in [1.54, 1.807) is 6.07 Å². The summed E-state index contributed by atoms with van der Waals surface area (Å²) in [6.07, 6.45) is 3.75. The smallest absolute Gasteiger partial charge is 0.226 e. The zero-order valence-electron chi connectivity index (χ0n) is 12.3. The molecule has 0 amide bonds. The van der Waals surface area contributed by atoms with E-state index in [0.717, 1.165) is 30.8 Å². The lowest BCUT2D eigenvalue weighted by Gasteiger charge is -2.20. The second-order valence-electron chi connectivity index (χ2n) is 5.28. The van der Waals surface area contributed by atoms with Crippen molar-refractivity contribution in [3.8, 4) is 17.5 Å². The van der Waals surface area contributed by atoms with E-state index in [4.69, 9.17) is 9.47 Å². The zero-order valence-corrected chi connectivity index (χ0v) is 12.3. The van der Waals surface area contributed by atoms with Crippen LogP contribution in [0.2, 0.25) is 0 Å². The van der Waals surface area contributed by atoms with Gasteiger partial charge in [0, 0.05) is 6.54 Å². The lowest BCUT2D eigenvalue weighted by Crippen LogP contribution is -2.12. The molecule has 2 heterocycles. The van der Waals surface area contributed by atoms with Gasteiger partial charge in [-0.1, -0.05) is 12.1 Å². The molecule has 3 rings (SSSR count). The number of benzene rings is 1. The van der Waals surface area contributed by atoms with Gasteiger partial charge in [-0.3, -0.25) is 0 Å². The fourth-order valence-electron chi connectivity index (χ4n) is 2.36. The van der Waals surface area contributed by atoms with Gasteiger partial charge in [0.1, 0.15) is 6.33 Å². The van der Waals surface area contributed by atoms with E-state index >= 15 is 0 Å². The van der Waals surface area contributed by atoms with E-state index in [1.165, 1.54) is 11.9 Å². The van der Waals surface area contributed by atoms with Crippen molar-refractivity contribution in [3.05, 3.63) is 36.2 Å². The molecule has 5 heteroatoms. The summed E-state index contributed by atoms with van der Waals surface area (Å²) in [4.78, 5) is 8.23. The number of rotatable bonds is 4. The third kappa shape index (κ3) is 3.24. The first-order valence-electron chi connectivity index (χ1n) is 7.24. The number of hydrogen-bond acceptors (Lipinski definition) is 5. The number of anilines is 1. The summed E-state index contributed by atoms with van der Waals surface area (Å²) in [6, 6.07) is 7.79. The molecule has 1 aliphatic rings. The molecule has 0 atom stereocenters. The summed E-state index contributed by atoms with van der Waals surface area (Å²) in [6.45, 7) is 4.89. The Morgan fingerprint density at radius 1 is 1.19 bits per heavy atom. The van der Waals surface area contributed by atoms with Gasteiger partial charge in [0.2, 0.25) is 11.8 Å². The fraction of sp³-hybridized carbons (Fsp3) is 0.375. The zero-order chi connectivity index (χ0) is 14.7. The highest BCUT2D eigenvalue weighted by molar-refractivity contribution is 5.64. The molecule has 21 heavy (non-hydrogen) atoms. The molecule has 110 valence electrons. The Kier molecular flexibility index (Phi) is 3.90. The summed E-state index contributed by atoms with van der Waals surface area (Å²) in [5, 5.41) is 3.40. The van der Waals surface area contributed by atoms with Gasteiger partial charge in [0.05, 0.1) is 17.9 Å². The minimum atomic E-state index is 0.0684. The maximum absolute atomic E-state index is 5.91. The molecule has 0 unspecified atom stereocenters. The topological polar surface area (TPSA) is 56.3 Å². The van der Waals surface area contributed by atoms with Crippen molar-refractivity contribution >= 4 is 5.69 Å². The maximum atomic E-state index is 5.91. The Morgan fingerprint density at radius 3 is 2.90 bits per heavy atom. The predicted molar refractivity (Wildman–Crippen MR) is 81.1 cm³/mol. The van der Waals surface area contributed by atoms with Gasteiger partial charge < -0.3 is 14.8 Å². The molecular formula is C16H19N3O2. The number of para-hydroxylation sites is 1. The van der Waals surface area contributed by atoms with Crippen LogP contribution in [0.3, 0.4) is 0 Å². The number of aromatic nitrogens is 2. The quantitative estimate of drug-likeness (QED) is 0.933. The number of aryl methyl sites for hydroxylation is 1. The van der Waals surface area contributed by atoms with Crippen LogP contribution in [0.5, 0.6) is 17.5 Å². The lowest BCUT2D eigenvalue weighted by molar-refractivity contribution is 0.231. The molecular weight excluding hydrogens is 266 g/mol. The van der Waals surface area contributed by atoms with Crippen LogP contribution >= 0.6 is 0 Å². The van der Waals surface area contributed by atoms with Gasteiger partial charge >= 0.3 is 0 Å². The van der Waals surface area contributed by atoms with E-state index in [1.807, 2.05) is 26.0 Å². The summed E-state index contributed by atoms with van der Waals surface area (Å²) in [5.74, 6) is 1.80. The average molecular weight is 285 g/mol. The Morgan fingerprint density at radius 2 is 2.05 bits per heavy atom. The normalized spacial score (nSPS) is 13.5. The molecule has 0 fully saturated rings. The Balaban J connectivity index is 1.84. The van der Waals surface area contributed by atoms with Gasteiger partial charge in [0.15, 0.2) is 5.75 Å². The number of hydrogen-bond donors (Lipinski definition) is 1. The van der Waals surface area contributed by atoms with Crippen molar-refractivity contribution in [1.82, 2.24) is 9.97 Å². The number of fused-ring (bicyclic) bond motifs is 1. The molecule has 1 aromatic heterocycles. The van der Waals surface area contributed by atoms with Crippen molar-refractivity contribution in [2.24, 2.45) is 0 Å². The molecule has 5 nitrogen and oxygen atoms in total. The molecule has 2 aromatic rings. The monoisotopic (exact) mass is 285 g/mol. The standard InChI is InChI=1S/C16H19N3O2/c1-11(2)20-14-9-15(19-10-18-14)21-13-7-3-5-12-6-4-8-17-16(12)13/h3,5,7,9-11,17H,4,6,8H2,1-2H3. The van der Waals surface area contributed by atoms with E-state index in [-0.39, 0.29) is 6.10 Å². The highest BCUT2D eigenvalue weighted by Crippen LogP contribution is 2.34. The molecule has 0 aliphatic carbocycles. The first kappa shape index (κ1) is 13.7. The largest absolute Gasteiger partial charge is 0.475 e. The Hall–Kier alpha value is -2.30. The Labute approximate surface area is 124 Å². The molecule has 0 bridgehead atoms. The second kappa shape index (κ2) is 5.99. The van der Waals surface area contributed by atoms with Crippen LogP contribution in [0, 0.1) is 0 Å². The summed E-state index contributed by atoms with van der Waals surface area (Å²) in [5.41, 5.74) is 2.35. The predicted octanol–water partition coefficient (Wildman–Crippen LogP) is 3.41. The first-order chi connectivity index (χ1) is 10.2. The van der Waals surface area contributed by atoms with E-state index in [9.17, 15) is 0 Å². The highest BCUT2D eigenvalue weighted by atomic mass is 16.5. The summed E-state index contributed by atoms with van der Waals surface area (Å²) in [7, 11) is 0. The number of nitrogens with one attached hydrogen (secondary N) is 1. The van der Waals surface area contributed by atoms with E-state index < -0.39 is 0 Å². The third-order valence-corrected chi connectivity index (χ3v) is 3.23. The summed E-state index contributed by atoms with van der Waals surface area (Å²) >= 11 is 0. The van der Waals surface area contributed by atoms with Gasteiger partial charge in [-0.05, 0) is 38.3 Å². The van der Waals surface area contributed by atoms with Crippen molar-refractivity contribution in [1.29, 1.82) is 0 Å². The van der Waals surface area contributed by atoms with Crippen molar-refractivity contribution in [2.45, 2.75) is 32.8 Å². The SMILES string of the molecule is CC(C)Oc1cc(Oc2cccc3c2NCCC3)ncn1. The van der Waals surface area contributed by atoms with E-state index in [2.05, 4.69) is 21.4 Å². The van der Waals surface area contributed by atoms with Crippen LogP contribution in [-0.2, 0) is 6.42 Å². The van der Waals surface area contributed by atoms with Crippen molar-refractivity contribution in [2.75, 3.05) is 11.9 Å². The van der Waals surface area contributed by atoms with Crippen LogP contribution in [0.15, 0.2) is 30.6 Å². The molecule has 1 aliphatic heterocycles. The number of ether oxygens (including phenoxy) is 2. The van der Waals surface area contributed by atoms with Crippen molar-refractivity contribution in [3.63, 3.8) is 0 Å². The highest BCUT2D eigenvalue weighted by Gasteiger charge is 2.14. The van der Waals surface area contributed by atoms with Crippen LogP contribution in [0.1, 0.15) is 25.8 Å². The van der Waals surface area contributed by atoms with Gasteiger partial charge in [0.25, 0.3) is 0 Å². The van der Waals surface area contributed by atoms with Crippen LogP contribution in [0.4, 0.5) is 5.69 Å². The average Bonchev–Trinajstić information content (AvgIpc) is 2.47. The molecule has 1 aromatic carbocycles. The number of nitrogens with zero attached hydrogens (tertiary/aromatic N) is 2. The fourth-order valence-corrected chi connectivity index (χ4v) is 2.36. The van der Waals surface area contributed by atoms with Crippen LogP contribution in [0.25, 0.3) is 0 Å².